The molecule has 102 valence electrons. The van der Waals surface area contributed by atoms with Crippen molar-refractivity contribution in [1.82, 2.24) is 0 Å². The third-order valence-corrected chi connectivity index (χ3v) is 3.80. The van der Waals surface area contributed by atoms with Crippen LogP contribution in [-0.2, 0) is 4.74 Å². The van der Waals surface area contributed by atoms with E-state index in [4.69, 9.17) is 15.7 Å². The quantitative estimate of drug-likeness (QED) is 0.797. The molecule has 1 unspecified atom stereocenters. The Morgan fingerprint density at radius 3 is 2.79 bits per heavy atom. The van der Waals surface area contributed by atoms with E-state index in [2.05, 4.69) is 17.9 Å². The lowest BCUT2D eigenvalue weighted by Crippen LogP contribution is -2.37. The summed E-state index contributed by atoms with van der Waals surface area (Å²) in [5, 5.41) is 8.90. The molecule has 1 fully saturated rings. The standard InChI is InChI=1S/C15H21N3O/c1-11(13-4-5-13)18(7-8-19-2)15-6-3-12(10-16)9-14(15)17/h3,6,9,11,13H,4-5,7-8,17H2,1-2H3. The first-order valence-electron chi connectivity index (χ1n) is 6.72. The number of ether oxygens (including phenoxy) is 1. The third-order valence-electron chi connectivity index (χ3n) is 3.80. The van der Waals surface area contributed by atoms with Gasteiger partial charge >= 0.3 is 0 Å². The fourth-order valence-corrected chi connectivity index (χ4v) is 2.45. The van der Waals surface area contributed by atoms with Crippen molar-refractivity contribution < 1.29 is 4.74 Å². The van der Waals surface area contributed by atoms with Crippen molar-refractivity contribution in [3.05, 3.63) is 23.8 Å². The monoisotopic (exact) mass is 259 g/mol. The molecule has 2 rings (SSSR count). The molecule has 0 aromatic heterocycles. The molecule has 0 aliphatic heterocycles. The minimum atomic E-state index is 0.463. The van der Waals surface area contributed by atoms with Crippen molar-refractivity contribution in [2.45, 2.75) is 25.8 Å². The number of nitrogens with two attached hydrogens (primary N) is 1. The van der Waals surface area contributed by atoms with Gasteiger partial charge in [0.25, 0.3) is 0 Å². The number of nitrogens with zero attached hydrogens (tertiary/aromatic N) is 2. The van der Waals surface area contributed by atoms with Gasteiger partial charge in [-0.05, 0) is 43.9 Å². The van der Waals surface area contributed by atoms with Gasteiger partial charge in [-0.1, -0.05) is 0 Å². The Kier molecular flexibility index (Phi) is 4.28. The van der Waals surface area contributed by atoms with Gasteiger partial charge in [-0.2, -0.15) is 5.26 Å². The average Bonchev–Trinajstić information content (AvgIpc) is 3.24. The number of anilines is 2. The molecule has 4 nitrogen and oxygen atoms in total. The van der Waals surface area contributed by atoms with Crippen LogP contribution in [0.1, 0.15) is 25.3 Å². The minimum Gasteiger partial charge on any atom is -0.397 e. The van der Waals surface area contributed by atoms with E-state index in [0.29, 0.717) is 23.9 Å². The number of benzene rings is 1. The second-order valence-electron chi connectivity index (χ2n) is 5.15. The van der Waals surface area contributed by atoms with Crippen molar-refractivity contribution >= 4 is 11.4 Å². The van der Waals surface area contributed by atoms with Gasteiger partial charge in [0.1, 0.15) is 0 Å². The number of hydrogen-bond donors (Lipinski definition) is 1. The molecular formula is C15H21N3O. The van der Waals surface area contributed by atoms with Gasteiger partial charge in [0, 0.05) is 19.7 Å². The molecule has 1 aliphatic rings. The van der Waals surface area contributed by atoms with Crippen LogP contribution in [0, 0.1) is 17.2 Å². The summed E-state index contributed by atoms with van der Waals surface area (Å²) in [6.07, 6.45) is 2.58. The fourth-order valence-electron chi connectivity index (χ4n) is 2.45. The molecule has 1 atom stereocenters. The molecule has 0 heterocycles. The molecule has 0 bridgehead atoms. The third kappa shape index (κ3) is 3.18. The van der Waals surface area contributed by atoms with Crippen LogP contribution in [-0.4, -0.2) is 26.3 Å². The van der Waals surface area contributed by atoms with Crippen molar-refractivity contribution in [2.75, 3.05) is 30.9 Å². The Hall–Kier alpha value is -1.73. The van der Waals surface area contributed by atoms with Gasteiger partial charge in [0.15, 0.2) is 0 Å². The van der Waals surface area contributed by atoms with Crippen LogP contribution >= 0.6 is 0 Å². The van der Waals surface area contributed by atoms with E-state index in [9.17, 15) is 0 Å². The fraction of sp³-hybridized carbons (Fsp3) is 0.533. The maximum Gasteiger partial charge on any atom is 0.0992 e. The molecule has 1 aromatic rings. The maximum absolute atomic E-state index is 8.90. The van der Waals surface area contributed by atoms with Crippen LogP contribution in [0.4, 0.5) is 11.4 Å². The molecule has 0 saturated heterocycles. The summed E-state index contributed by atoms with van der Waals surface area (Å²) in [5.41, 5.74) is 8.38. The highest BCUT2D eigenvalue weighted by Gasteiger charge is 2.32. The molecule has 2 N–H and O–H groups in total. The van der Waals surface area contributed by atoms with E-state index in [1.807, 2.05) is 12.1 Å². The van der Waals surface area contributed by atoms with Gasteiger partial charge in [0.05, 0.1) is 29.6 Å². The summed E-state index contributed by atoms with van der Waals surface area (Å²) in [7, 11) is 1.71. The Morgan fingerprint density at radius 2 is 2.26 bits per heavy atom. The van der Waals surface area contributed by atoms with Gasteiger partial charge in [0.2, 0.25) is 0 Å². The van der Waals surface area contributed by atoms with Crippen molar-refractivity contribution in [2.24, 2.45) is 5.92 Å². The SMILES string of the molecule is COCCN(c1ccc(C#N)cc1N)C(C)C1CC1. The summed E-state index contributed by atoms with van der Waals surface area (Å²) in [6.45, 7) is 3.74. The van der Waals surface area contributed by atoms with Gasteiger partial charge < -0.3 is 15.4 Å². The van der Waals surface area contributed by atoms with E-state index in [1.54, 1.807) is 13.2 Å². The lowest BCUT2D eigenvalue weighted by atomic mass is 10.1. The molecule has 1 aromatic carbocycles. The summed E-state index contributed by atoms with van der Waals surface area (Å²) in [4.78, 5) is 2.30. The number of nitriles is 1. The molecule has 19 heavy (non-hydrogen) atoms. The second kappa shape index (κ2) is 5.94. The van der Waals surface area contributed by atoms with Gasteiger partial charge in [-0.25, -0.2) is 0 Å². The molecule has 1 aliphatic carbocycles. The first-order chi connectivity index (χ1) is 9.17. The summed E-state index contributed by atoms with van der Waals surface area (Å²) in [5.74, 6) is 0.756. The molecule has 4 heteroatoms. The van der Waals surface area contributed by atoms with Crippen molar-refractivity contribution in [3.63, 3.8) is 0 Å². The maximum atomic E-state index is 8.90. The Labute approximate surface area is 114 Å². The summed E-state index contributed by atoms with van der Waals surface area (Å²) < 4.78 is 5.19. The second-order valence-corrected chi connectivity index (χ2v) is 5.15. The van der Waals surface area contributed by atoms with Crippen LogP contribution < -0.4 is 10.6 Å². The Morgan fingerprint density at radius 1 is 1.53 bits per heavy atom. The topological polar surface area (TPSA) is 62.3 Å². The first-order valence-corrected chi connectivity index (χ1v) is 6.72. The molecule has 1 saturated carbocycles. The minimum absolute atomic E-state index is 0.463. The lowest BCUT2D eigenvalue weighted by Gasteiger charge is -2.32. The summed E-state index contributed by atoms with van der Waals surface area (Å²) >= 11 is 0. The molecule has 0 radical (unpaired) electrons. The van der Waals surface area contributed by atoms with Gasteiger partial charge in [-0.3, -0.25) is 0 Å². The first kappa shape index (κ1) is 13.7. The van der Waals surface area contributed by atoms with Gasteiger partial charge in [-0.15, -0.1) is 0 Å². The smallest absolute Gasteiger partial charge is 0.0992 e. The van der Waals surface area contributed by atoms with Crippen LogP contribution in [0.3, 0.4) is 0 Å². The van der Waals surface area contributed by atoms with Crippen molar-refractivity contribution in [3.8, 4) is 6.07 Å². The molecule has 0 amide bonds. The average molecular weight is 259 g/mol. The van der Waals surface area contributed by atoms with Crippen LogP contribution in [0.5, 0.6) is 0 Å². The lowest BCUT2D eigenvalue weighted by molar-refractivity contribution is 0.203. The van der Waals surface area contributed by atoms with Crippen LogP contribution in [0.2, 0.25) is 0 Å². The zero-order chi connectivity index (χ0) is 13.8. The number of methoxy groups -OCH3 is 1. The van der Waals surface area contributed by atoms with Crippen molar-refractivity contribution in [1.29, 1.82) is 5.26 Å². The van der Waals surface area contributed by atoms with E-state index in [-0.39, 0.29) is 0 Å². The number of rotatable bonds is 6. The highest BCUT2D eigenvalue weighted by Crippen LogP contribution is 2.38. The Bertz CT molecular complexity index is 477. The number of nitrogen functional groups attached to an aromatic ring is 1. The van der Waals surface area contributed by atoms with Crippen LogP contribution in [0.25, 0.3) is 0 Å². The van der Waals surface area contributed by atoms with Crippen LogP contribution in [0.15, 0.2) is 18.2 Å². The summed E-state index contributed by atoms with van der Waals surface area (Å²) in [6, 6.07) is 8.10. The predicted octanol–water partition coefficient (Wildman–Crippen LogP) is 2.39. The highest BCUT2D eigenvalue weighted by molar-refractivity contribution is 5.70. The molecular weight excluding hydrogens is 238 g/mol. The zero-order valence-electron chi connectivity index (χ0n) is 11.6. The van der Waals surface area contributed by atoms with E-state index < -0.39 is 0 Å². The number of hydrogen-bond acceptors (Lipinski definition) is 4. The van der Waals surface area contributed by atoms with E-state index in [1.165, 1.54) is 12.8 Å². The van der Waals surface area contributed by atoms with E-state index in [0.717, 1.165) is 18.2 Å². The predicted molar refractivity (Wildman–Crippen MR) is 77.0 cm³/mol. The zero-order valence-corrected chi connectivity index (χ0v) is 11.6. The normalized spacial score (nSPS) is 15.8. The van der Waals surface area contributed by atoms with E-state index >= 15 is 0 Å². The molecule has 0 spiro atoms. The largest absolute Gasteiger partial charge is 0.397 e. The highest BCUT2D eigenvalue weighted by atomic mass is 16.5. The Balaban J connectivity index is 2.23.